The number of nitrogens with zero attached hydrogens (tertiary/aromatic N) is 4. The lowest BCUT2D eigenvalue weighted by Gasteiger charge is -2.20. The van der Waals surface area contributed by atoms with Crippen LogP contribution in [0, 0.1) is 24.0 Å². The third kappa shape index (κ3) is 2.58. The quantitative estimate of drug-likeness (QED) is 0.676. The van der Waals surface area contributed by atoms with E-state index in [1.165, 1.54) is 4.68 Å². The van der Waals surface area contributed by atoms with Crippen molar-refractivity contribution in [3.8, 4) is 5.69 Å². The summed E-state index contributed by atoms with van der Waals surface area (Å²) >= 11 is 0. The Morgan fingerprint density at radius 2 is 1.81 bits per heavy atom. The predicted molar refractivity (Wildman–Crippen MR) is 80.6 cm³/mol. The summed E-state index contributed by atoms with van der Waals surface area (Å²) in [5.74, 6) is 0.287. The van der Waals surface area contributed by atoms with Crippen LogP contribution < -0.4 is 5.73 Å². The van der Waals surface area contributed by atoms with Gasteiger partial charge >= 0.3 is 0 Å². The molecule has 1 heterocycles. The molecule has 2 N–H and O–H groups in total. The molecule has 1 aromatic heterocycles. The largest absolute Gasteiger partial charge is 0.381 e. The van der Waals surface area contributed by atoms with E-state index in [1.807, 2.05) is 34.6 Å². The van der Waals surface area contributed by atoms with E-state index in [4.69, 9.17) is 5.73 Å². The lowest BCUT2D eigenvalue weighted by atomic mass is 9.91. The van der Waals surface area contributed by atoms with Crippen LogP contribution in [0.1, 0.15) is 37.6 Å². The first-order valence-corrected chi connectivity index (χ1v) is 6.60. The SMILES string of the molecule is Cc1cc(-n2nnc(N)c2C(C)(C)C)c([N+](=O)[O-])cc1C. The first-order chi connectivity index (χ1) is 9.62. The van der Waals surface area contributed by atoms with Crippen molar-refractivity contribution >= 4 is 11.5 Å². The van der Waals surface area contributed by atoms with E-state index in [1.54, 1.807) is 12.1 Å². The van der Waals surface area contributed by atoms with Crippen molar-refractivity contribution in [3.63, 3.8) is 0 Å². The fourth-order valence-corrected chi connectivity index (χ4v) is 2.27. The molecule has 7 nitrogen and oxygen atoms in total. The minimum Gasteiger partial charge on any atom is -0.381 e. The van der Waals surface area contributed by atoms with Gasteiger partial charge in [-0.3, -0.25) is 10.1 Å². The lowest BCUT2D eigenvalue weighted by Crippen LogP contribution is -2.20. The Bertz CT molecular complexity index is 713. The monoisotopic (exact) mass is 289 g/mol. The van der Waals surface area contributed by atoms with Gasteiger partial charge in [0, 0.05) is 11.5 Å². The summed E-state index contributed by atoms with van der Waals surface area (Å²) in [5.41, 5.74) is 8.41. The highest BCUT2D eigenvalue weighted by molar-refractivity contribution is 5.58. The summed E-state index contributed by atoms with van der Waals surface area (Å²) in [5, 5.41) is 19.2. The van der Waals surface area contributed by atoms with E-state index in [-0.39, 0.29) is 16.9 Å². The topological polar surface area (TPSA) is 99.9 Å². The Morgan fingerprint density at radius 3 is 2.33 bits per heavy atom. The zero-order chi connectivity index (χ0) is 15.9. The van der Waals surface area contributed by atoms with Crippen LogP contribution in [0.5, 0.6) is 0 Å². The number of rotatable bonds is 2. The molecule has 21 heavy (non-hydrogen) atoms. The highest BCUT2D eigenvalue weighted by atomic mass is 16.6. The van der Waals surface area contributed by atoms with E-state index in [9.17, 15) is 10.1 Å². The molecule has 0 spiro atoms. The molecular weight excluding hydrogens is 270 g/mol. The second-order valence-electron chi connectivity index (χ2n) is 6.17. The van der Waals surface area contributed by atoms with E-state index in [0.29, 0.717) is 11.4 Å². The average Bonchev–Trinajstić information content (AvgIpc) is 2.73. The Balaban J connectivity index is 2.80. The van der Waals surface area contributed by atoms with Crippen molar-refractivity contribution in [2.75, 3.05) is 5.73 Å². The Kier molecular flexibility index (Phi) is 3.44. The minimum absolute atomic E-state index is 0.00602. The molecule has 0 fully saturated rings. The van der Waals surface area contributed by atoms with Gasteiger partial charge in [-0.05, 0) is 31.0 Å². The number of benzene rings is 1. The number of nitro groups is 1. The molecule has 0 amide bonds. The maximum absolute atomic E-state index is 11.3. The molecule has 0 bridgehead atoms. The van der Waals surface area contributed by atoms with Crippen molar-refractivity contribution in [1.29, 1.82) is 0 Å². The van der Waals surface area contributed by atoms with E-state index < -0.39 is 4.92 Å². The molecule has 0 aliphatic heterocycles. The number of aromatic nitrogens is 3. The van der Waals surface area contributed by atoms with Gasteiger partial charge in [-0.2, -0.15) is 0 Å². The summed E-state index contributed by atoms with van der Waals surface area (Å²) < 4.78 is 1.47. The molecular formula is C14H19N5O2. The van der Waals surface area contributed by atoms with Crippen LogP contribution in [-0.2, 0) is 5.41 Å². The van der Waals surface area contributed by atoms with Crippen molar-refractivity contribution in [1.82, 2.24) is 15.0 Å². The van der Waals surface area contributed by atoms with Crippen LogP contribution in [0.2, 0.25) is 0 Å². The standard InChI is InChI=1S/C14H19N5O2/c1-8-6-10(11(19(20)21)7-9(8)2)18-12(14(3,4)5)13(15)16-17-18/h6-7H,15H2,1-5H3. The molecule has 0 aliphatic carbocycles. The maximum atomic E-state index is 11.3. The highest BCUT2D eigenvalue weighted by Gasteiger charge is 2.28. The molecule has 112 valence electrons. The van der Waals surface area contributed by atoms with Gasteiger partial charge in [-0.15, -0.1) is 5.10 Å². The van der Waals surface area contributed by atoms with Gasteiger partial charge in [0.05, 0.1) is 10.6 Å². The van der Waals surface area contributed by atoms with Gasteiger partial charge in [0.15, 0.2) is 5.82 Å². The van der Waals surface area contributed by atoms with E-state index >= 15 is 0 Å². The van der Waals surface area contributed by atoms with Gasteiger partial charge in [-0.1, -0.05) is 26.0 Å². The molecule has 1 aromatic carbocycles. The van der Waals surface area contributed by atoms with Crippen LogP contribution in [0.25, 0.3) is 5.69 Å². The van der Waals surface area contributed by atoms with Gasteiger partial charge in [0.2, 0.25) is 0 Å². The normalized spacial score (nSPS) is 11.7. The Morgan fingerprint density at radius 1 is 1.24 bits per heavy atom. The number of hydrogen-bond donors (Lipinski definition) is 1. The summed E-state index contributed by atoms with van der Waals surface area (Å²) in [6, 6.07) is 3.30. The Hall–Kier alpha value is -2.44. The van der Waals surface area contributed by atoms with Crippen molar-refractivity contribution < 1.29 is 4.92 Å². The minimum atomic E-state index is -0.411. The van der Waals surface area contributed by atoms with E-state index in [2.05, 4.69) is 10.3 Å². The van der Waals surface area contributed by atoms with Crippen molar-refractivity contribution in [3.05, 3.63) is 39.1 Å². The third-order valence-electron chi connectivity index (χ3n) is 3.42. The smallest absolute Gasteiger partial charge is 0.295 e. The second-order valence-corrected chi connectivity index (χ2v) is 6.17. The Labute approximate surface area is 122 Å². The molecule has 2 rings (SSSR count). The maximum Gasteiger partial charge on any atom is 0.295 e. The first-order valence-electron chi connectivity index (χ1n) is 6.60. The third-order valence-corrected chi connectivity index (χ3v) is 3.42. The number of aryl methyl sites for hydroxylation is 2. The van der Waals surface area contributed by atoms with Gasteiger partial charge in [0.1, 0.15) is 5.69 Å². The van der Waals surface area contributed by atoms with Gasteiger partial charge in [-0.25, -0.2) is 4.68 Å². The van der Waals surface area contributed by atoms with Crippen LogP contribution >= 0.6 is 0 Å². The number of nitrogen functional groups attached to an aromatic ring is 1. The fraction of sp³-hybridized carbons (Fsp3) is 0.429. The second kappa shape index (κ2) is 4.83. The summed E-state index contributed by atoms with van der Waals surface area (Å²) in [6.07, 6.45) is 0. The lowest BCUT2D eigenvalue weighted by molar-refractivity contribution is -0.384. The fourth-order valence-electron chi connectivity index (χ4n) is 2.27. The molecule has 0 aliphatic rings. The molecule has 0 unspecified atom stereocenters. The summed E-state index contributed by atoms with van der Waals surface area (Å²) in [7, 11) is 0. The van der Waals surface area contributed by atoms with Crippen LogP contribution in [0.3, 0.4) is 0 Å². The average molecular weight is 289 g/mol. The number of nitro benzene ring substituents is 1. The zero-order valence-electron chi connectivity index (χ0n) is 12.8. The molecule has 0 atom stereocenters. The van der Waals surface area contributed by atoms with Crippen molar-refractivity contribution in [2.24, 2.45) is 0 Å². The van der Waals surface area contributed by atoms with Crippen LogP contribution in [0.4, 0.5) is 11.5 Å². The van der Waals surface area contributed by atoms with E-state index in [0.717, 1.165) is 11.1 Å². The first kappa shape index (κ1) is 15.0. The van der Waals surface area contributed by atoms with Crippen LogP contribution in [-0.4, -0.2) is 19.9 Å². The predicted octanol–water partition coefficient (Wildman–Crippen LogP) is 2.67. The summed E-state index contributed by atoms with van der Waals surface area (Å²) in [4.78, 5) is 10.9. The molecule has 7 heteroatoms. The number of anilines is 1. The van der Waals surface area contributed by atoms with Crippen LogP contribution in [0.15, 0.2) is 12.1 Å². The van der Waals surface area contributed by atoms with Gasteiger partial charge in [0.25, 0.3) is 5.69 Å². The van der Waals surface area contributed by atoms with Gasteiger partial charge < -0.3 is 5.73 Å². The molecule has 0 radical (unpaired) electrons. The molecule has 2 aromatic rings. The number of hydrogen-bond acceptors (Lipinski definition) is 5. The highest BCUT2D eigenvalue weighted by Crippen LogP contribution is 2.33. The van der Waals surface area contributed by atoms with Crippen molar-refractivity contribution in [2.45, 2.75) is 40.0 Å². The zero-order valence-corrected chi connectivity index (χ0v) is 12.8. The molecule has 0 saturated heterocycles. The number of nitrogens with two attached hydrogens (primary N) is 1. The molecule has 0 saturated carbocycles. The summed E-state index contributed by atoms with van der Waals surface area (Å²) in [6.45, 7) is 9.63.